The van der Waals surface area contributed by atoms with Crippen molar-refractivity contribution in [2.24, 2.45) is 11.8 Å². The van der Waals surface area contributed by atoms with Gasteiger partial charge in [0.15, 0.2) is 0 Å². The van der Waals surface area contributed by atoms with E-state index in [-0.39, 0.29) is 6.61 Å². The second-order valence-electron chi connectivity index (χ2n) is 7.26. The number of aliphatic hydroxyl groups is 1. The lowest BCUT2D eigenvalue weighted by Gasteiger charge is -2.58. The normalized spacial score (nSPS) is 36.6. The first kappa shape index (κ1) is 13.6. The number of hydrogen-bond acceptors (Lipinski definition) is 3. The van der Waals surface area contributed by atoms with Gasteiger partial charge in [-0.25, -0.2) is 0 Å². The van der Waals surface area contributed by atoms with Gasteiger partial charge in [0.05, 0.1) is 6.04 Å². The first-order valence-corrected chi connectivity index (χ1v) is 8.56. The maximum atomic E-state index is 9.99. The van der Waals surface area contributed by atoms with Crippen LogP contribution in [0.3, 0.4) is 0 Å². The molecule has 0 amide bonds. The molecular formula is C19H22N2O2. The van der Waals surface area contributed by atoms with Gasteiger partial charge in [0.1, 0.15) is 5.75 Å². The third kappa shape index (κ3) is 1.68. The number of H-pyrrole nitrogens is 1. The summed E-state index contributed by atoms with van der Waals surface area (Å²) in [6.45, 7) is 3.42. The van der Waals surface area contributed by atoms with E-state index in [4.69, 9.17) is 0 Å². The second-order valence-corrected chi connectivity index (χ2v) is 7.26. The van der Waals surface area contributed by atoms with Crippen LogP contribution >= 0.6 is 0 Å². The van der Waals surface area contributed by atoms with E-state index in [1.54, 1.807) is 6.07 Å². The number of allylic oxidation sites excluding steroid dienone is 1. The first-order valence-electron chi connectivity index (χ1n) is 8.56. The zero-order valence-electron chi connectivity index (χ0n) is 13.3. The Labute approximate surface area is 135 Å². The van der Waals surface area contributed by atoms with Crippen LogP contribution in [0.2, 0.25) is 0 Å². The number of nitrogens with one attached hydrogen (secondary N) is 1. The van der Waals surface area contributed by atoms with E-state index in [0.29, 0.717) is 29.7 Å². The number of phenols is 1. The summed E-state index contributed by atoms with van der Waals surface area (Å²) >= 11 is 0. The molecule has 0 aliphatic carbocycles. The summed E-state index contributed by atoms with van der Waals surface area (Å²) in [5.41, 5.74) is 5.29. The molecule has 1 aromatic carbocycles. The summed E-state index contributed by atoms with van der Waals surface area (Å²) < 4.78 is 0. The van der Waals surface area contributed by atoms with Gasteiger partial charge in [-0.3, -0.25) is 4.90 Å². The Morgan fingerprint density at radius 1 is 1.39 bits per heavy atom. The molecule has 6 rings (SSSR count). The van der Waals surface area contributed by atoms with Crippen molar-refractivity contribution in [3.8, 4) is 5.75 Å². The largest absolute Gasteiger partial charge is 0.508 e. The molecule has 1 aromatic heterocycles. The molecule has 3 saturated heterocycles. The molecule has 4 aliphatic heterocycles. The molecule has 4 heteroatoms. The number of aromatic amines is 1. The number of nitrogens with zero attached hydrogens (tertiary/aromatic N) is 1. The molecule has 5 atom stereocenters. The predicted octanol–water partition coefficient (Wildman–Crippen LogP) is 2.73. The Bertz CT molecular complexity index is 822. The molecule has 4 bridgehead atoms. The van der Waals surface area contributed by atoms with Gasteiger partial charge in [0, 0.05) is 41.7 Å². The number of aliphatic hydroxyl groups excluding tert-OH is 1. The van der Waals surface area contributed by atoms with Crippen molar-refractivity contribution in [3.63, 3.8) is 0 Å². The molecule has 4 aliphatic rings. The highest BCUT2D eigenvalue weighted by Gasteiger charge is 2.52. The van der Waals surface area contributed by atoms with Crippen LogP contribution in [0.5, 0.6) is 5.75 Å². The number of hydrogen-bond donors (Lipinski definition) is 3. The highest BCUT2D eigenvalue weighted by molar-refractivity contribution is 5.86. The van der Waals surface area contributed by atoms with Crippen LogP contribution in [0, 0.1) is 11.8 Å². The third-order valence-corrected chi connectivity index (χ3v) is 6.41. The fourth-order valence-corrected chi connectivity index (χ4v) is 5.35. The molecule has 23 heavy (non-hydrogen) atoms. The zero-order valence-corrected chi connectivity index (χ0v) is 13.3. The summed E-state index contributed by atoms with van der Waals surface area (Å²) in [5.74, 6) is 1.17. The number of aromatic nitrogens is 1. The number of phenolic OH excluding ortho intramolecular Hbond substituents is 1. The van der Waals surface area contributed by atoms with Crippen molar-refractivity contribution in [1.82, 2.24) is 9.88 Å². The topological polar surface area (TPSA) is 59.5 Å². The number of piperidine rings is 3. The Balaban J connectivity index is 1.68. The Hall–Kier alpha value is -1.78. The van der Waals surface area contributed by atoms with Crippen molar-refractivity contribution in [2.45, 2.75) is 31.8 Å². The maximum Gasteiger partial charge on any atom is 0.116 e. The van der Waals surface area contributed by atoms with E-state index in [1.807, 2.05) is 12.1 Å². The average molecular weight is 310 g/mol. The highest BCUT2D eigenvalue weighted by atomic mass is 16.3. The molecule has 0 saturated carbocycles. The van der Waals surface area contributed by atoms with Crippen LogP contribution < -0.4 is 0 Å². The molecule has 0 radical (unpaired) electrons. The van der Waals surface area contributed by atoms with Crippen molar-refractivity contribution in [2.75, 3.05) is 13.2 Å². The van der Waals surface area contributed by atoms with Gasteiger partial charge in [0.25, 0.3) is 0 Å². The van der Waals surface area contributed by atoms with Gasteiger partial charge < -0.3 is 15.2 Å². The minimum atomic E-state index is 0.263. The molecule has 5 heterocycles. The van der Waals surface area contributed by atoms with Crippen molar-refractivity contribution in [3.05, 3.63) is 41.1 Å². The zero-order chi connectivity index (χ0) is 15.7. The van der Waals surface area contributed by atoms with Crippen LogP contribution in [-0.4, -0.2) is 39.3 Å². The van der Waals surface area contributed by atoms with E-state index in [1.165, 1.54) is 16.8 Å². The molecule has 4 nitrogen and oxygen atoms in total. The minimum absolute atomic E-state index is 0.263. The van der Waals surface area contributed by atoms with E-state index in [0.717, 1.165) is 30.3 Å². The predicted molar refractivity (Wildman–Crippen MR) is 89.3 cm³/mol. The SMILES string of the molecule is C/C=C1\CN2C3CC1C(CO)C2Cc1c3[nH]c2ccc(O)cc12. The Morgan fingerprint density at radius 3 is 3.04 bits per heavy atom. The number of rotatable bonds is 1. The quantitative estimate of drug-likeness (QED) is 0.710. The van der Waals surface area contributed by atoms with Crippen LogP contribution in [0.25, 0.3) is 10.9 Å². The maximum absolute atomic E-state index is 9.99. The molecule has 3 N–H and O–H groups in total. The fraction of sp³-hybridized carbons (Fsp3) is 0.474. The number of aromatic hydroxyl groups is 1. The Kier molecular flexibility index (Phi) is 2.74. The monoisotopic (exact) mass is 310 g/mol. The van der Waals surface area contributed by atoms with Gasteiger partial charge >= 0.3 is 0 Å². The third-order valence-electron chi connectivity index (χ3n) is 6.41. The summed E-state index contributed by atoms with van der Waals surface area (Å²) in [6, 6.07) is 6.44. The Morgan fingerprint density at radius 2 is 2.26 bits per heavy atom. The van der Waals surface area contributed by atoms with Gasteiger partial charge in [0.2, 0.25) is 0 Å². The summed E-state index contributed by atoms with van der Waals surface area (Å²) in [6.07, 6.45) is 4.31. The standard InChI is InChI=1S/C19H22N2O2/c1-2-10-8-21-17-7-14-13-5-11(23)3-4-16(13)20-19(14)18(21)6-12(10)15(17)9-22/h2-5,12,15,17-18,20,22-23H,6-9H2,1H3/b10-2+. The fourth-order valence-electron chi connectivity index (χ4n) is 5.35. The number of benzene rings is 1. The van der Waals surface area contributed by atoms with E-state index >= 15 is 0 Å². The number of fused-ring (bicyclic) bond motifs is 4. The van der Waals surface area contributed by atoms with Crippen molar-refractivity contribution >= 4 is 10.9 Å². The second kappa shape index (κ2) is 4.62. The molecule has 2 aromatic rings. The minimum Gasteiger partial charge on any atom is -0.508 e. The lowest BCUT2D eigenvalue weighted by atomic mass is 9.64. The smallest absolute Gasteiger partial charge is 0.116 e. The highest BCUT2D eigenvalue weighted by Crippen LogP contribution is 2.54. The summed E-state index contributed by atoms with van der Waals surface area (Å²) in [5, 5.41) is 21.0. The van der Waals surface area contributed by atoms with Crippen LogP contribution in [0.15, 0.2) is 29.8 Å². The van der Waals surface area contributed by atoms with Crippen molar-refractivity contribution < 1.29 is 10.2 Å². The lowest BCUT2D eigenvalue weighted by Crippen LogP contribution is -2.60. The molecule has 5 unspecified atom stereocenters. The average Bonchev–Trinajstić information content (AvgIpc) is 2.92. The molecule has 120 valence electrons. The van der Waals surface area contributed by atoms with E-state index in [2.05, 4.69) is 22.9 Å². The van der Waals surface area contributed by atoms with Crippen LogP contribution in [0.1, 0.15) is 30.6 Å². The van der Waals surface area contributed by atoms with Gasteiger partial charge in [-0.05, 0) is 49.4 Å². The van der Waals surface area contributed by atoms with E-state index < -0.39 is 0 Å². The summed E-state index contributed by atoms with van der Waals surface area (Å²) in [4.78, 5) is 6.21. The molecule has 0 spiro atoms. The van der Waals surface area contributed by atoms with Crippen LogP contribution in [0.4, 0.5) is 0 Å². The van der Waals surface area contributed by atoms with Gasteiger partial charge in [-0.2, -0.15) is 0 Å². The van der Waals surface area contributed by atoms with E-state index in [9.17, 15) is 10.2 Å². The first-order chi connectivity index (χ1) is 11.2. The molecule has 3 fully saturated rings. The molecular weight excluding hydrogens is 288 g/mol. The summed E-state index contributed by atoms with van der Waals surface area (Å²) in [7, 11) is 0. The van der Waals surface area contributed by atoms with Gasteiger partial charge in [-0.15, -0.1) is 0 Å². The van der Waals surface area contributed by atoms with Crippen LogP contribution in [-0.2, 0) is 6.42 Å². The van der Waals surface area contributed by atoms with Crippen molar-refractivity contribution in [1.29, 1.82) is 0 Å². The van der Waals surface area contributed by atoms with Gasteiger partial charge in [-0.1, -0.05) is 11.6 Å². The lowest BCUT2D eigenvalue weighted by molar-refractivity contribution is -0.0503.